The Hall–Kier alpha value is -0.670. The highest BCUT2D eigenvalue weighted by molar-refractivity contribution is 7.09. The lowest BCUT2D eigenvalue weighted by atomic mass is 9.95. The first kappa shape index (κ1) is 9.87. The molecule has 0 radical (unpaired) electrons. The van der Waals surface area contributed by atoms with Crippen molar-refractivity contribution < 1.29 is 4.79 Å². The predicted octanol–water partition coefficient (Wildman–Crippen LogP) is 1.86. The van der Waals surface area contributed by atoms with Crippen LogP contribution in [0.2, 0.25) is 0 Å². The molecule has 0 atom stereocenters. The van der Waals surface area contributed by atoms with Crippen LogP contribution in [0.3, 0.4) is 0 Å². The molecule has 1 aliphatic heterocycles. The number of hydrogen-bond donors (Lipinski definition) is 1. The van der Waals surface area contributed by atoms with Crippen molar-refractivity contribution in [2.45, 2.75) is 19.3 Å². The first-order valence-corrected chi connectivity index (χ1v) is 5.97. The highest BCUT2D eigenvalue weighted by Gasteiger charge is 2.19. The lowest BCUT2D eigenvalue weighted by Gasteiger charge is -2.26. The lowest BCUT2D eigenvalue weighted by molar-refractivity contribution is -0.120. The Morgan fingerprint density at radius 2 is 2.43 bits per heavy atom. The third kappa shape index (κ3) is 2.66. The van der Waals surface area contributed by atoms with Gasteiger partial charge in [0.1, 0.15) is 5.78 Å². The van der Waals surface area contributed by atoms with E-state index in [0.29, 0.717) is 11.7 Å². The van der Waals surface area contributed by atoms with Crippen LogP contribution >= 0.6 is 11.3 Å². The third-order valence-electron chi connectivity index (χ3n) is 2.61. The number of hydrogen-bond acceptors (Lipinski definition) is 3. The Balaban J connectivity index is 1.67. The lowest BCUT2D eigenvalue weighted by Crippen LogP contribution is -2.42. The smallest absolute Gasteiger partial charge is 0.133 e. The van der Waals surface area contributed by atoms with Crippen LogP contribution in [0.1, 0.15) is 17.7 Å². The Morgan fingerprint density at radius 1 is 1.57 bits per heavy atom. The number of carbonyl (C=O) groups is 1. The first-order chi connectivity index (χ1) is 6.84. The van der Waals surface area contributed by atoms with Crippen molar-refractivity contribution in [3.8, 4) is 0 Å². The molecule has 3 heteroatoms. The molecule has 0 saturated carbocycles. The van der Waals surface area contributed by atoms with Gasteiger partial charge >= 0.3 is 0 Å². The molecule has 76 valence electrons. The molecule has 0 bridgehead atoms. The van der Waals surface area contributed by atoms with Gasteiger partial charge in [0.2, 0.25) is 0 Å². The van der Waals surface area contributed by atoms with Crippen LogP contribution < -0.4 is 5.32 Å². The Labute approximate surface area is 88.3 Å². The van der Waals surface area contributed by atoms with Crippen LogP contribution in [-0.2, 0) is 11.2 Å². The van der Waals surface area contributed by atoms with Crippen LogP contribution in [0.15, 0.2) is 17.5 Å². The Kier molecular flexibility index (Phi) is 3.32. The molecule has 0 unspecified atom stereocenters. The largest absolute Gasteiger partial charge is 0.316 e. The summed E-state index contributed by atoms with van der Waals surface area (Å²) in [5, 5.41) is 5.25. The zero-order chi connectivity index (χ0) is 9.80. The number of nitrogens with one attached hydrogen (secondary N) is 1. The normalized spacial score (nSPS) is 16.6. The maximum absolute atomic E-state index is 11.5. The molecule has 1 fully saturated rings. The summed E-state index contributed by atoms with van der Waals surface area (Å²) in [6, 6.07) is 4.14. The van der Waals surface area contributed by atoms with E-state index < -0.39 is 0 Å². The van der Waals surface area contributed by atoms with Crippen LogP contribution in [0.25, 0.3) is 0 Å². The van der Waals surface area contributed by atoms with Crippen molar-refractivity contribution in [3.05, 3.63) is 22.4 Å². The molecule has 2 nitrogen and oxygen atoms in total. The van der Waals surface area contributed by atoms with Crippen LogP contribution in [-0.4, -0.2) is 18.9 Å². The number of Topliss-reactive ketones (excluding diaryl/α,β-unsaturated/α-hetero) is 1. The summed E-state index contributed by atoms with van der Waals surface area (Å²) in [6.45, 7) is 2.06. The van der Waals surface area contributed by atoms with Gasteiger partial charge in [-0.1, -0.05) is 6.07 Å². The van der Waals surface area contributed by atoms with Gasteiger partial charge in [-0.15, -0.1) is 11.3 Å². The van der Waals surface area contributed by atoms with Crippen molar-refractivity contribution in [1.29, 1.82) is 0 Å². The SMILES string of the molecule is O=C(CCc1cccs1)CC1CNC1. The average Bonchev–Trinajstić information content (AvgIpc) is 2.60. The first-order valence-electron chi connectivity index (χ1n) is 5.09. The minimum absolute atomic E-state index is 0.421. The predicted molar refractivity (Wildman–Crippen MR) is 58.6 cm³/mol. The summed E-state index contributed by atoms with van der Waals surface area (Å²) in [7, 11) is 0. The fourth-order valence-corrected chi connectivity index (χ4v) is 2.34. The molecule has 14 heavy (non-hydrogen) atoms. The fourth-order valence-electron chi connectivity index (χ4n) is 1.63. The van der Waals surface area contributed by atoms with Crippen molar-refractivity contribution in [2.24, 2.45) is 5.92 Å². The average molecular weight is 209 g/mol. The molecule has 2 rings (SSSR count). The van der Waals surface area contributed by atoms with Gasteiger partial charge < -0.3 is 5.32 Å². The Morgan fingerprint density at radius 3 is 3.00 bits per heavy atom. The number of ketones is 1. The van der Waals surface area contributed by atoms with E-state index in [-0.39, 0.29) is 0 Å². The summed E-state index contributed by atoms with van der Waals surface area (Å²) in [5.41, 5.74) is 0. The zero-order valence-corrected chi connectivity index (χ0v) is 8.98. The van der Waals surface area contributed by atoms with Crippen LogP contribution in [0.4, 0.5) is 0 Å². The molecule has 1 aromatic heterocycles. The molecule has 2 heterocycles. The molecule has 1 aliphatic rings. The van der Waals surface area contributed by atoms with E-state index in [4.69, 9.17) is 0 Å². The van der Waals surface area contributed by atoms with Crippen molar-refractivity contribution in [1.82, 2.24) is 5.32 Å². The van der Waals surface area contributed by atoms with E-state index in [9.17, 15) is 4.79 Å². The number of rotatable bonds is 5. The summed E-state index contributed by atoms with van der Waals surface area (Å²) in [6.07, 6.45) is 2.42. The molecule has 0 aromatic carbocycles. The molecule has 0 amide bonds. The molecular formula is C11H15NOS. The topological polar surface area (TPSA) is 29.1 Å². The molecule has 1 N–H and O–H groups in total. The molecule has 1 saturated heterocycles. The molecular weight excluding hydrogens is 194 g/mol. The van der Waals surface area contributed by atoms with Gasteiger partial charge in [0, 0.05) is 17.7 Å². The molecule has 0 spiro atoms. The molecule has 1 aromatic rings. The van der Waals surface area contributed by atoms with E-state index in [1.54, 1.807) is 11.3 Å². The monoisotopic (exact) mass is 209 g/mol. The molecule has 0 aliphatic carbocycles. The highest BCUT2D eigenvalue weighted by atomic mass is 32.1. The van der Waals surface area contributed by atoms with E-state index in [1.165, 1.54) is 4.88 Å². The highest BCUT2D eigenvalue weighted by Crippen LogP contribution is 2.14. The van der Waals surface area contributed by atoms with Crippen molar-refractivity contribution in [2.75, 3.05) is 13.1 Å². The number of carbonyl (C=O) groups excluding carboxylic acids is 1. The summed E-state index contributed by atoms with van der Waals surface area (Å²) in [5.74, 6) is 1.04. The summed E-state index contributed by atoms with van der Waals surface area (Å²) >= 11 is 1.74. The van der Waals surface area contributed by atoms with Gasteiger partial charge in [0.15, 0.2) is 0 Å². The van der Waals surface area contributed by atoms with E-state index in [2.05, 4.69) is 16.8 Å². The Bertz CT molecular complexity index is 290. The number of thiophene rings is 1. The van der Waals surface area contributed by atoms with Gasteiger partial charge in [-0.3, -0.25) is 4.79 Å². The maximum Gasteiger partial charge on any atom is 0.133 e. The third-order valence-corrected chi connectivity index (χ3v) is 3.55. The van der Waals surface area contributed by atoms with Gasteiger partial charge in [-0.2, -0.15) is 0 Å². The second-order valence-corrected chi connectivity index (χ2v) is 4.88. The summed E-state index contributed by atoms with van der Waals surface area (Å²) < 4.78 is 0. The van der Waals surface area contributed by atoms with Gasteiger partial charge in [0.25, 0.3) is 0 Å². The van der Waals surface area contributed by atoms with Crippen molar-refractivity contribution >= 4 is 17.1 Å². The quantitative estimate of drug-likeness (QED) is 0.802. The summed E-state index contributed by atoms with van der Waals surface area (Å²) in [4.78, 5) is 12.8. The van der Waals surface area contributed by atoms with E-state index >= 15 is 0 Å². The van der Waals surface area contributed by atoms with Crippen LogP contribution in [0.5, 0.6) is 0 Å². The zero-order valence-electron chi connectivity index (χ0n) is 8.16. The van der Waals surface area contributed by atoms with E-state index in [0.717, 1.165) is 32.4 Å². The second kappa shape index (κ2) is 4.71. The van der Waals surface area contributed by atoms with Crippen LogP contribution in [0, 0.1) is 5.92 Å². The van der Waals surface area contributed by atoms with Crippen molar-refractivity contribution in [3.63, 3.8) is 0 Å². The minimum atomic E-state index is 0.421. The fraction of sp³-hybridized carbons (Fsp3) is 0.545. The van der Waals surface area contributed by atoms with Gasteiger partial charge in [-0.05, 0) is 36.9 Å². The van der Waals surface area contributed by atoms with Gasteiger partial charge in [-0.25, -0.2) is 0 Å². The number of aryl methyl sites for hydroxylation is 1. The van der Waals surface area contributed by atoms with E-state index in [1.807, 2.05) is 6.07 Å². The minimum Gasteiger partial charge on any atom is -0.316 e. The maximum atomic E-state index is 11.5. The standard InChI is InChI=1S/C11H15NOS/c13-10(6-9-7-12-8-9)3-4-11-2-1-5-14-11/h1-2,5,9,12H,3-4,6-8H2. The van der Waals surface area contributed by atoms with Gasteiger partial charge in [0.05, 0.1) is 0 Å². The second-order valence-electron chi connectivity index (χ2n) is 3.85.